The van der Waals surface area contributed by atoms with Crippen molar-refractivity contribution in [3.8, 4) is 35.1 Å². The molecule has 0 aliphatic carbocycles. The van der Waals surface area contributed by atoms with E-state index in [2.05, 4.69) is 42.0 Å². The molecular formula is C18H17NSi. The van der Waals surface area contributed by atoms with Gasteiger partial charge in [0.1, 0.15) is 13.8 Å². The Morgan fingerprint density at radius 3 is 2.50 bits per heavy atom. The Morgan fingerprint density at radius 1 is 1.05 bits per heavy atom. The molecule has 0 aliphatic rings. The summed E-state index contributed by atoms with van der Waals surface area (Å²) >= 11 is 0. The monoisotopic (exact) mass is 275 g/mol. The number of rotatable bonds is 1. The fourth-order valence-electron chi connectivity index (χ4n) is 1.68. The SMILES string of the molecule is C#Cc1cccc(-c2cccc(C#C[Si](C)(C)C)n2)c1. The maximum Gasteiger partial charge on any atom is 0.129 e. The Bertz CT molecular complexity index is 721. The van der Waals surface area contributed by atoms with Crippen molar-refractivity contribution in [1.82, 2.24) is 4.98 Å². The van der Waals surface area contributed by atoms with Crippen LogP contribution < -0.4 is 0 Å². The summed E-state index contributed by atoms with van der Waals surface area (Å²) in [5.74, 6) is 5.83. The van der Waals surface area contributed by atoms with Gasteiger partial charge < -0.3 is 0 Å². The van der Waals surface area contributed by atoms with E-state index >= 15 is 0 Å². The summed E-state index contributed by atoms with van der Waals surface area (Å²) < 4.78 is 0. The van der Waals surface area contributed by atoms with Gasteiger partial charge in [0.05, 0.1) is 5.69 Å². The van der Waals surface area contributed by atoms with Gasteiger partial charge in [0, 0.05) is 11.1 Å². The van der Waals surface area contributed by atoms with Crippen LogP contribution in [0.1, 0.15) is 11.3 Å². The highest BCUT2D eigenvalue weighted by atomic mass is 28.3. The zero-order valence-corrected chi connectivity index (χ0v) is 13.1. The maximum atomic E-state index is 5.43. The fourth-order valence-corrected chi connectivity index (χ4v) is 2.19. The minimum atomic E-state index is -1.38. The highest BCUT2D eigenvalue weighted by Crippen LogP contribution is 2.18. The molecule has 1 nitrogen and oxygen atoms in total. The van der Waals surface area contributed by atoms with E-state index in [0.717, 1.165) is 22.5 Å². The van der Waals surface area contributed by atoms with Crippen LogP contribution in [0.15, 0.2) is 42.5 Å². The molecule has 1 heterocycles. The molecule has 2 heteroatoms. The van der Waals surface area contributed by atoms with Gasteiger partial charge in [-0.1, -0.05) is 49.7 Å². The van der Waals surface area contributed by atoms with Crippen LogP contribution in [0.5, 0.6) is 0 Å². The molecular weight excluding hydrogens is 258 g/mol. The molecule has 0 spiro atoms. The van der Waals surface area contributed by atoms with Gasteiger partial charge >= 0.3 is 0 Å². The molecule has 2 rings (SSSR count). The summed E-state index contributed by atoms with van der Waals surface area (Å²) in [6.07, 6.45) is 5.43. The van der Waals surface area contributed by atoms with Crippen LogP contribution in [0.4, 0.5) is 0 Å². The first kappa shape index (κ1) is 14.1. The Labute approximate surface area is 122 Å². The second-order valence-corrected chi connectivity index (χ2v) is 10.4. The molecule has 0 N–H and O–H groups in total. The average Bonchev–Trinajstić information content (AvgIpc) is 2.45. The summed E-state index contributed by atoms with van der Waals surface area (Å²) in [6, 6.07) is 13.8. The molecule has 2 aromatic rings. The minimum absolute atomic E-state index is 0.816. The van der Waals surface area contributed by atoms with Crippen molar-refractivity contribution < 1.29 is 0 Å². The minimum Gasteiger partial charge on any atom is -0.239 e. The normalized spacial score (nSPS) is 10.3. The molecule has 0 radical (unpaired) electrons. The largest absolute Gasteiger partial charge is 0.239 e. The van der Waals surface area contributed by atoms with E-state index in [-0.39, 0.29) is 0 Å². The van der Waals surface area contributed by atoms with Crippen LogP contribution in [0, 0.1) is 23.8 Å². The summed E-state index contributed by atoms with van der Waals surface area (Å²) in [5, 5.41) is 0. The number of nitrogens with zero attached hydrogens (tertiary/aromatic N) is 1. The van der Waals surface area contributed by atoms with Crippen molar-refractivity contribution in [2.24, 2.45) is 0 Å². The zero-order chi connectivity index (χ0) is 14.6. The molecule has 0 saturated carbocycles. The van der Waals surface area contributed by atoms with Crippen LogP contribution in [0.2, 0.25) is 19.6 Å². The third-order valence-corrected chi connectivity index (χ3v) is 3.51. The number of terminal acetylenes is 1. The Morgan fingerprint density at radius 2 is 1.80 bits per heavy atom. The van der Waals surface area contributed by atoms with E-state index in [4.69, 9.17) is 6.42 Å². The van der Waals surface area contributed by atoms with Crippen molar-refractivity contribution >= 4 is 8.07 Å². The lowest BCUT2D eigenvalue weighted by Crippen LogP contribution is -2.16. The molecule has 0 atom stereocenters. The first-order valence-corrected chi connectivity index (χ1v) is 10.1. The molecule has 20 heavy (non-hydrogen) atoms. The van der Waals surface area contributed by atoms with Gasteiger partial charge in [0.2, 0.25) is 0 Å². The van der Waals surface area contributed by atoms with Crippen LogP contribution in [0.3, 0.4) is 0 Å². The van der Waals surface area contributed by atoms with E-state index in [0.29, 0.717) is 0 Å². The zero-order valence-electron chi connectivity index (χ0n) is 12.1. The summed E-state index contributed by atoms with van der Waals surface area (Å²) in [6.45, 7) is 6.67. The van der Waals surface area contributed by atoms with Gasteiger partial charge in [-0.3, -0.25) is 0 Å². The smallest absolute Gasteiger partial charge is 0.129 e. The Balaban J connectivity index is 2.39. The standard InChI is InChI=1S/C18H17NSi/c1-5-15-8-6-9-16(14-15)18-11-7-10-17(19-18)12-13-20(2,3)4/h1,6-11,14H,2-4H3. The van der Waals surface area contributed by atoms with E-state index < -0.39 is 8.07 Å². The van der Waals surface area contributed by atoms with Crippen LogP contribution >= 0.6 is 0 Å². The van der Waals surface area contributed by atoms with Crippen molar-refractivity contribution in [2.75, 3.05) is 0 Å². The van der Waals surface area contributed by atoms with Gasteiger partial charge in [-0.15, -0.1) is 12.0 Å². The molecule has 0 amide bonds. The third kappa shape index (κ3) is 3.85. The van der Waals surface area contributed by atoms with E-state index in [1.807, 2.05) is 42.5 Å². The number of pyridine rings is 1. The first-order chi connectivity index (χ1) is 9.48. The average molecular weight is 275 g/mol. The quantitative estimate of drug-likeness (QED) is 0.567. The molecule has 0 unspecified atom stereocenters. The summed E-state index contributed by atoms with van der Waals surface area (Å²) in [7, 11) is -1.38. The molecule has 98 valence electrons. The lowest BCUT2D eigenvalue weighted by molar-refractivity contribution is 1.29. The van der Waals surface area contributed by atoms with Crippen molar-refractivity contribution in [3.63, 3.8) is 0 Å². The summed E-state index contributed by atoms with van der Waals surface area (Å²) in [5.41, 5.74) is 6.95. The molecule has 0 fully saturated rings. The van der Waals surface area contributed by atoms with Crippen molar-refractivity contribution in [1.29, 1.82) is 0 Å². The lowest BCUT2D eigenvalue weighted by Gasteiger charge is -2.04. The van der Waals surface area contributed by atoms with Crippen LogP contribution in [-0.4, -0.2) is 13.1 Å². The number of hydrogen-bond acceptors (Lipinski definition) is 1. The van der Waals surface area contributed by atoms with Crippen LogP contribution in [-0.2, 0) is 0 Å². The fraction of sp³-hybridized carbons (Fsp3) is 0.167. The van der Waals surface area contributed by atoms with Crippen LogP contribution in [0.25, 0.3) is 11.3 Å². The second kappa shape index (κ2) is 5.78. The number of benzene rings is 1. The predicted molar refractivity (Wildman–Crippen MR) is 87.8 cm³/mol. The Hall–Kier alpha value is -2.29. The highest BCUT2D eigenvalue weighted by molar-refractivity contribution is 6.83. The predicted octanol–water partition coefficient (Wildman–Crippen LogP) is 3.96. The lowest BCUT2D eigenvalue weighted by atomic mass is 10.1. The van der Waals surface area contributed by atoms with Gasteiger partial charge in [-0.2, -0.15) is 0 Å². The maximum absolute atomic E-state index is 5.43. The molecule has 0 bridgehead atoms. The highest BCUT2D eigenvalue weighted by Gasteiger charge is 2.07. The van der Waals surface area contributed by atoms with E-state index in [1.165, 1.54) is 0 Å². The van der Waals surface area contributed by atoms with Crippen molar-refractivity contribution in [2.45, 2.75) is 19.6 Å². The molecule has 0 saturated heterocycles. The second-order valence-electron chi connectivity index (χ2n) is 5.63. The summed E-state index contributed by atoms with van der Waals surface area (Å²) in [4.78, 5) is 4.60. The third-order valence-electron chi connectivity index (χ3n) is 2.64. The van der Waals surface area contributed by atoms with Gasteiger partial charge in [0.25, 0.3) is 0 Å². The Kier molecular flexibility index (Phi) is 4.08. The number of hydrogen-bond donors (Lipinski definition) is 0. The van der Waals surface area contributed by atoms with Crippen molar-refractivity contribution in [3.05, 3.63) is 53.7 Å². The molecule has 1 aromatic heterocycles. The molecule has 1 aromatic carbocycles. The van der Waals surface area contributed by atoms with Gasteiger partial charge in [0.15, 0.2) is 0 Å². The number of aromatic nitrogens is 1. The van der Waals surface area contributed by atoms with Gasteiger partial charge in [-0.25, -0.2) is 4.98 Å². The molecule has 0 aliphatic heterocycles. The van der Waals surface area contributed by atoms with Gasteiger partial charge in [-0.05, 0) is 24.3 Å². The van der Waals surface area contributed by atoms with E-state index in [9.17, 15) is 0 Å². The first-order valence-electron chi connectivity index (χ1n) is 6.55. The van der Waals surface area contributed by atoms with E-state index in [1.54, 1.807) is 0 Å². The topological polar surface area (TPSA) is 12.9 Å².